The molecule has 0 radical (unpaired) electrons. The summed E-state index contributed by atoms with van der Waals surface area (Å²) >= 11 is 0. The van der Waals surface area contributed by atoms with Crippen LogP contribution in [0.3, 0.4) is 0 Å². The van der Waals surface area contributed by atoms with E-state index in [0.717, 1.165) is 6.42 Å². The molecular formula is C30H37NO8. The number of likely N-dealkylation sites (tertiary alicyclic amines) is 1. The first-order chi connectivity index (χ1) is 18.8. The topological polar surface area (TPSA) is 104 Å². The molecule has 1 saturated heterocycles. The highest BCUT2D eigenvalue weighted by atomic mass is 16.6. The van der Waals surface area contributed by atoms with Gasteiger partial charge in [-0.1, -0.05) is 19.9 Å². The Labute approximate surface area is 229 Å². The first-order valence-corrected chi connectivity index (χ1v) is 13.4. The lowest BCUT2D eigenvalue weighted by Gasteiger charge is -2.26. The van der Waals surface area contributed by atoms with Crippen molar-refractivity contribution in [3.05, 3.63) is 53.1 Å². The van der Waals surface area contributed by atoms with E-state index in [9.17, 15) is 14.7 Å². The molecule has 9 nitrogen and oxygen atoms in total. The van der Waals surface area contributed by atoms with Gasteiger partial charge in [-0.25, -0.2) is 0 Å². The smallest absolute Gasteiger partial charge is 0.295 e. The van der Waals surface area contributed by atoms with E-state index in [1.165, 1.54) is 4.90 Å². The highest BCUT2D eigenvalue weighted by molar-refractivity contribution is 6.46. The monoisotopic (exact) mass is 539 g/mol. The number of carbonyl (C=O) groups is 2. The van der Waals surface area contributed by atoms with Crippen LogP contribution in [0.1, 0.15) is 50.8 Å². The van der Waals surface area contributed by atoms with Gasteiger partial charge in [0.15, 0.2) is 23.0 Å². The number of fused-ring (bicyclic) bond motifs is 1. The van der Waals surface area contributed by atoms with Crippen LogP contribution < -0.4 is 18.9 Å². The molecule has 0 saturated carbocycles. The van der Waals surface area contributed by atoms with Crippen molar-refractivity contribution < 1.29 is 38.4 Å². The van der Waals surface area contributed by atoms with Crippen LogP contribution in [-0.4, -0.2) is 68.4 Å². The molecule has 0 aliphatic carbocycles. The van der Waals surface area contributed by atoms with Gasteiger partial charge >= 0.3 is 0 Å². The largest absolute Gasteiger partial charge is 0.507 e. The van der Waals surface area contributed by atoms with Gasteiger partial charge in [0, 0.05) is 25.8 Å². The van der Waals surface area contributed by atoms with Crippen LogP contribution in [0.25, 0.3) is 5.76 Å². The molecule has 39 heavy (non-hydrogen) atoms. The number of benzene rings is 2. The standard InChI is InChI=1S/C30H37NO8/c1-5-36-24-17-20(7-9-22(24)37-14-11-19(2)3)27-26(29(33)30(34)31(27)12-6-13-35-4)28(32)21-8-10-23-25(18-21)39-16-15-38-23/h7-10,17-19,27,32H,5-6,11-16H2,1-4H3/b28-26+/t27-/m1/s1. The summed E-state index contributed by atoms with van der Waals surface area (Å²) in [6.07, 6.45) is 1.42. The number of rotatable bonds is 12. The van der Waals surface area contributed by atoms with Crippen molar-refractivity contribution in [2.24, 2.45) is 5.92 Å². The maximum absolute atomic E-state index is 13.4. The summed E-state index contributed by atoms with van der Waals surface area (Å²) in [4.78, 5) is 28.1. The lowest BCUT2D eigenvalue weighted by Crippen LogP contribution is -2.31. The zero-order valence-electron chi connectivity index (χ0n) is 23.0. The van der Waals surface area contributed by atoms with Gasteiger partial charge in [0.2, 0.25) is 0 Å². The first-order valence-electron chi connectivity index (χ1n) is 13.4. The predicted octanol–water partition coefficient (Wildman–Crippen LogP) is 4.74. The lowest BCUT2D eigenvalue weighted by molar-refractivity contribution is -0.140. The van der Waals surface area contributed by atoms with E-state index in [1.54, 1.807) is 37.4 Å². The summed E-state index contributed by atoms with van der Waals surface area (Å²) in [5.41, 5.74) is 0.994. The van der Waals surface area contributed by atoms with Gasteiger partial charge < -0.3 is 33.7 Å². The van der Waals surface area contributed by atoms with E-state index in [-0.39, 0.29) is 17.9 Å². The van der Waals surface area contributed by atoms with E-state index >= 15 is 0 Å². The third kappa shape index (κ3) is 6.30. The van der Waals surface area contributed by atoms with Gasteiger partial charge in [-0.15, -0.1) is 0 Å². The Morgan fingerprint density at radius 2 is 1.79 bits per heavy atom. The van der Waals surface area contributed by atoms with Crippen LogP contribution in [0.5, 0.6) is 23.0 Å². The normalized spacial score (nSPS) is 18.1. The van der Waals surface area contributed by atoms with Crippen LogP contribution in [0.2, 0.25) is 0 Å². The Morgan fingerprint density at radius 1 is 1.03 bits per heavy atom. The van der Waals surface area contributed by atoms with Crippen molar-refractivity contribution in [3.63, 3.8) is 0 Å². The van der Waals surface area contributed by atoms with Crippen molar-refractivity contribution in [2.75, 3.05) is 46.7 Å². The van der Waals surface area contributed by atoms with Crippen molar-refractivity contribution in [3.8, 4) is 23.0 Å². The zero-order valence-corrected chi connectivity index (χ0v) is 23.0. The van der Waals surface area contributed by atoms with Crippen molar-refractivity contribution >= 4 is 17.4 Å². The van der Waals surface area contributed by atoms with Gasteiger partial charge in [-0.05, 0) is 61.6 Å². The summed E-state index contributed by atoms with van der Waals surface area (Å²) in [6.45, 7) is 8.60. The number of nitrogens with zero attached hydrogens (tertiary/aromatic N) is 1. The third-order valence-electron chi connectivity index (χ3n) is 6.64. The van der Waals surface area contributed by atoms with Crippen LogP contribution in [0.4, 0.5) is 0 Å². The molecule has 1 N–H and O–H groups in total. The number of ether oxygens (including phenoxy) is 5. The molecule has 2 heterocycles. The summed E-state index contributed by atoms with van der Waals surface area (Å²) < 4.78 is 28.3. The number of hydrogen-bond donors (Lipinski definition) is 1. The Bertz CT molecular complexity index is 1220. The average Bonchev–Trinajstić information content (AvgIpc) is 3.18. The SMILES string of the molecule is CCOc1cc([C@@H]2/C(=C(\O)c3ccc4c(c3)OCCO4)C(=O)C(=O)N2CCCOC)ccc1OCCC(C)C. The molecule has 1 fully saturated rings. The zero-order chi connectivity index (χ0) is 27.9. The maximum atomic E-state index is 13.4. The van der Waals surface area contributed by atoms with E-state index in [0.29, 0.717) is 79.5 Å². The molecule has 2 aromatic carbocycles. The number of aliphatic hydroxyl groups is 1. The molecule has 210 valence electrons. The molecule has 0 aromatic heterocycles. The quantitative estimate of drug-likeness (QED) is 0.179. The van der Waals surface area contributed by atoms with Gasteiger partial charge in [0.05, 0.1) is 24.8 Å². The molecule has 9 heteroatoms. The first kappa shape index (κ1) is 28.3. The van der Waals surface area contributed by atoms with E-state index in [2.05, 4.69) is 13.8 Å². The van der Waals surface area contributed by atoms with Crippen LogP contribution in [-0.2, 0) is 14.3 Å². The summed E-state index contributed by atoms with van der Waals surface area (Å²) in [7, 11) is 1.58. The van der Waals surface area contributed by atoms with Gasteiger partial charge in [0.25, 0.3) is 11.7 Å². The molecule has 0 unspecified atom stereocenters. The summed E-state index contributed by atoms with van der Waals surface area (Å²) in [6, 6.07) is 9.52. The predicted molar refractivity (Wildman–Crippen MR) is 145 cm³/mol. The Hall–Kier alpha value is -3.72. The van der Waals surface area contributed by atoms with Gasteiger partial charge in [0.1, 0.15) is 19.0 Å². The van der Waals surface area contributed by atoms with Crippen molar-refractivity contribution in [2.45, 2.75) is 39.7 Å². The fourth-order valence-corrected chi connectivity index (χ4v) is 4.67. The minimum absolute atomic E-state index is 0.00465. The van der Waals surface area contributed by atoms with Crippen molar-refractivity contribution in [1.82, 2.24) is 4.90 Å². The number of methoxy groups -OCH3 is 1. The van der Waals surface area contributed by atoms with Crippen LogP contribution in [0.15, 0.2) is 42.0 Å². The molecule has 2 aromatic rings. The van der Waals surface area contributed by atoms with E-state index in [4.69, 9.17) is 23.7 Å². The fourth-order valence-electron chi connectivity index (χ4n) is 4.67. The van der Waals surface area contributed by atoms with Crippen LogP contribution >= 0.6 is 0 Å². The van der Waals surface area contributed by atoms with Crippen LogP contribution in [0, 0.1) is 5.92 Å². The minimum atomic E-state index is -0.820. The molecule has 0 bridgehead atoms. The van der Waals surface area contributed by atoms with E-state index < -0.39 is 17.7 Å². The molecule has 2 aliphatic heterocycles. The Kier molecular flexibility index (Phi) is 9.35. The Morgan fingerprint density at radius 3 is 2.51 bits per heavy atom. The second-order valence-electron chi connectivity index (χ2n) is 9.87. The molecule has 2 aliphatic rings. The summed E-state index contributed by atoms with van der Waals surface area (Å²) in [5.74, 6) is 0.920. The molecule has 1 amide bonds. The number of amides is 1. The summed E-state index contributed by atoms with van der Waals surface area (Å²) in [5, 5.41) is 11.4. The van der Waals surface area contributed by atoms with Crippen molar-refractivity contribution in [1.29, 1.82) is 0 Å². The molecule has 1 atom stereocenters. The van der Waals surface area contributed by atoms with E-state index in [1.807, 2.05) is 13.0 Å². The average molecular weight is 540 g/mol. The third-order valence-corrected chi connectivity index (χ3v) is 6.64. The highest BCUT2D eigenvalue weighted by Gasteiger charge is 2.46. The number of carbonyl (C=O) groups excluding carboxylic acids is 2. The second kappa shape index (κ2) is 12.9. The minimum Gasteiger partial charge on any atom is -0.507 e. The van der Waals surface area contributed by atoms with Gasteiger partial charge in [-0.2, -0.15) is 0 Å². The molecular weight excluding hydrogens is 502 g/mol. The molecule has 4 rings (SSSR count). The number of aliphatic hydroxyl groups excluding tert-OH is 1. The second-order valence-corrected chi connectivity index (χ2v) is 9.87. The molecule has 0 spiro atoms. The highest BCUT2D eigenvalue weighted by Crippen LogP contribution is 2.43. The van der Waals surface area contributed by atoms with Gasteiger partial charge in [-0.3, -0.25) is 9.59 Å². The number of Topliss-reactive ketones (excluding diaryl/α,β-unsaturated/α-hetero) is 1. The maximum Gasteiger partial charge on any atom is 0.295 e. The number of ketones is 1. The Balaban J connectivity index is 1.77. The lowest BCUT2D eigenvalue weighted by atomic mass is 9.94. The fraction of sp³-hybridized carbons (Fsp3) is 0.467. The number of hydrogen-bond acceptors (Lipinski definition) is 8.